The fourth-order valence-corrected chi connectivity index (χ4v) is 2.84. The van der Waals surface area contributed by atoms with Crippen molar-refractivity contribution in [3.8, 4) is 0 Å². The van der Waals surface area contributed by atoms with Crippen LogP contribution in [0.1, 0.15) is 44.3 Å². The Kier molecular flexibility index (Phi) is 4.28. The smallest absolute Gasteiger partial charge is 0.0818 e. The van der Waals surface area contributed by atoms with Gasteiger partial charge in [-0.2, -0.15) is 0 Å². The fraction of sp³-hybridized carbons (Fsp3) is 0.625. The van der Waals surface area contributed by atoms with Crippen molar-refractivity contribution in [1.29, 1.82) is 0 Å². The van der Waals surface area contributed by atoms with Crippen LogP contribution in [-0.2, 0) is 0 Å². The van der Waals surface area contributed by atoms with E-state index in [1.165, 1.54) is 18.5 Å². The van der Waals surface area contributed by atoms with E-state index in [1.807, 2.05) is 14.1 Å². The van der Waals surface area contributed by atoms with Crippen LogP contribution in [0.3, 0.4) is 0 Å². The number of hydrogen-bond acceptors (Lipinski definition) is 2. The Hall–Kier alpha value is -1.02. The Labute approximate surface area is 111 Å². The molecule has 1 unspecified atom stereocenters. The van der Waals surface area contributed by atoms with Gasteiger partial charge in [0.1, 0.15) is 0 Å². The zero-order valence-corrected chi connectivity index (χ0v) is 11.8. The van der Waals surface area contributed by atoms with E-state index in [-0.39, 0.29) is 6.10 Å². The number of benzene rings is 1. The van der Waals surface area contributed by atoms with Crippen LogP contribution in [0.15, 0.2) is 24.3 Å². The Morgan fingerprint density at radius 2 is 1.61 bits per heavy atom. The average molecular weight is 247 g/mol. The highest BCUT2D eigenvalue weighted by Gasteiger charge is 2.25. The second kappa shape index (κ2) is 5.75. The molecule has 18 heavy (non-hydrogen) atoms. The number of anilines is 1. The Balaban J connectivity index is 2.02. The van der Waals surface area contributed by atoms with Crippen molar-refractivity contribution in [2.75, 3.05) is 19.0 Å². The summed E-state index contributed by atoms with van der Waals surface area (Å²) in [6.07, 6.45) is 4.57. The maximum absolute atomic E-state index is 10.4. The lowest BCUT2D eigenvalue weighted by Gasteiger charge is -2.30. The minimum absolute atomic E-state index is 0.284. The minimum Gasteiger partial charge on any atom is -0.388 e. The molecule has 0 saturated heterocycles. The Bertz CT molecular complexity index is 363. The fourth-order valence-electron chi connectivity index (χ4n) is 2.84. The third kappa shape index (κ3) is 3.05. The second-order valence-corrected chi connectivity index (χ2v) is 5.95. The molecule has 0 radical (unpaired) electrons. The topological polar surface area (TPSA) is 23.5 Å². The monoisotopic (exact) mass is 247 g/mol. The molecule has 100 valence electrons. The van der Waals surface area contributed by atoms with Crippen molar-refractivity contribution in [3.05, 3.63) is 29.8 Å². The normalized spacial score (nSPS) is 25.8. The van der Waals surface area contributed by atoms with E-state index in [4.69, 9.17) is 0 Å². The van der Waals surface area contributed by atoms with E-state index in [1.54, 1.807) is 0 Å². The van der Waals surface area contributed by atoms with Gasteiger partial charge in [0.05, 0.1) is 6.10 Å². The molecule has 1 saturated carbocycles. The third-order valence-electron chi connectivity index (χ3n) is 4.26. The maximum Gasteiger partial charge on any atom is 0.0818 e. The van der Waals surface area contributed by atoms with Crippen molar-refractivity contribution < 1.29 is 5.11 Å². The first kappa shape index (κ1) is 13.4. The summed E-state index contributed by atoms with van der Waals surface area (Å²) in [6.45, 7) is 2.31. The standard InChI is InChI=1S/C16H25NO/c1-12-4-6-13(7-5-12)16(18)14-8-10-15(11-9-14)17(2)3/h8-13,16,18H,4-7H2,1-3H3. The average Bonchev–Trinajstić information content (AvgIpc) is 2.39. The van der Waals surface area contributed by atoms with E-state index < -0.39 is 0 Å². The molecule has 0 heterocycles. The van der Waals surface area contributed by atoms with Crippen LogP contribution in [-0.4, -0.2) is 19.2 Å². The minimum atomic E-state index is -0.284. The number of hydrogen-bond donors (Lipinski definition) is 1. The molecular weight excluding hydrogens is 222 g/mol. The molecule has 1 fully saturated rings. The Morgan fingerprint density at radius 1 is 1.06 bits per heavy atom. The largest absolute Gasteiger partial charge is 0.388 e. The summed E-state index contributed by atoms with van der Waals surface area (Å²) in [6, 6.07) is 8.31. The molecular formula is C16H25NO. The molecule has 2 rings (SSSR count). The Morgan fingerprint density at radius 3 is 2.11 bits per heavy atom. The molecule has 0 amide bonds. The number of rotatable bonds is 3. The highest BCUT2D eigenvalue weighted by molar-refractivity contribution is 5.46. The van der Waals surface area contributed by atoms with Crippen LogP contribution in [0.25, 0.3) is 0 Å². The lowest BCUT2D eigenvalue weighted by molar-refractivity contribution is 0.0756. The van der Waals surface area contributed by atoms with Gasteiger partial charge >= 0.3 is 0 Å². The molecule has 0 aromatic heterocycles. The molecule has 1 aromatic carbocycles. The lowest BCUT2D eigenvalue weighted by atomic mass is 9.78. The molecule has 1 N–H and O–H groups in total. The van der Waals surface area contributed by atoms with E-state index in [9.17, 15) is 5.11 Å². The van der Waals surface area contributed by atoms with Crippen LogP contribution in [0.5, 0.6) is 0 Å². The molecule has 1 atom stereocenters. The van der Waals surface area contributed by atoms with Crippen LogP contribution in [0, 0.1) is 11.8 Å². The van der Waals surface area contributed by atoms with Crippen molar-refractivity contribution in [3.63, 3.8) is 0 Å². The first-order chi connectivity index (χ1) is 8.58. The SMILES string of the molecule is CC1CCC(C(O)c2ccc(N(C)C)cc2)CC1. The second-order valence-electron chi connectivity index (χ2n) is 5.95. The highest BCUT2D eigenvalue weighted by Crippen LogP contribution is 2.36. The summed E-state index contributed by atoms with van der Waals surface area (Å²) < 4.78 is 0. The van der Waals surface area contributed by atoms with Gasteiger partial charge in [0.15, 0.2) is 0 Å². The molecule has 1 aliphatic rings. The predicted octanol–water partition coefficient (Wildman–Crippen LogP) is 3.61. The van der Waals surface area contributed by atoms with Crippen LogP contribution in [0.2, 0.25) is 0 Å². The lowest BCUT2D eigenvalue weighted by Crippen LogP contribution is -2.19. The molecule has 0 spiro atoms. The van der Waals surface area contributed by atoms with Gasteiger partial charge in [0.2, 0.25) is 0 Å². The summed E-state index contributed by atoms with van der Waals surface area (Å²) >= 11 is 0. The third-order valence-corrected chi connectivity index (χ3v) is 4.26. The van der Waals surface area contributed by atoms with E-state index in [2.05, 4.69) is 36.1 Å². The van der Waals surface area contributed by atoms with Gasteiger partial charge in [-0.3, -0.25) is 0 Å². The molecule has 2 nitrogen and oxygen atoms in total. The van der Waals surface area contributed by atoms with Crippen molar-refractivity contribution in [2.24, 2.45) is 11.8 Å². The van der Waals surface area contributed by atoms with Crippen LogP contribution in [0.4, 0.5) is 5.69 Å². The summed E-state index contributed by atoms with van der Waals surface area (Å²) in [7, 11) is 4.07. The summed E-state index contributed by atoms with van der Waals surface area (Å²) in [4.78, 5) is 2.08. The van der Waals surface area contributed by atoms with Gasteiger partial charge in [-0.1, -0.05) is 31.9 Å². The van der Waals surface area contributed by atoms with Gasteiger partial charge in [-0.15, -0.1) is 0 Å². The van der Waals surface area contributed by atoms with Crippen LogP contribution >= 0.6 is 0 Å². The zero-order chi connectivity index (χ0) is 13.1. The van der Waals surface area contributed by atoms with E-state index in [0.717, 1.165) is 24.3 Å². The first-order valence-electron chi connectivity index (χ1n) is 7.03. The van der Waals surface area contributed by atoms with Crippen LogP contribution < -0.4 is 4.90 Å². The number of nitrogens with zero attached hydrogens (tertiary/aromatic N) is 1. The van der Waals surface area contributed by atoms with E-state index in [0.29, 0.717) is 5.92 Å². The molecule has 0 bridgehead atoms. The number of aliphatic hydroxyl groups excluding tert-OH is 1. The predicted molar refractivity (Wildman–Crippen MR) is 76.9 cm³/mol. The number of aliphatic hydroxyl groups is 1. The van der Waals surface area contributed by atoms with E-state index >= 15 is 0 Å². The van der Waals surface area contributed by atoms with Gasteiger partial charge in [-0.05, 0) is 42.4 Å². The summed E-state index contributed by atoms with van der Waals surface area (Å²) in [5, 5.41) is 10.4. The van der Waals surface area contributed by atoms with Crippen molar-refractivity contribution >= 4 is 5.69 Å². The van der Waals surface area contributed by atoms with Gasteiger partial charge in [0, 0.05) is 19.8 Å². The molecule has 0 aliphatic heterocycles. The summed E-state index contributed by atoms with van der Waals surface area (Å²) in [5.74, 6) is 1.29. The first-order valence-corrected chi connectivity index (χ1v) is 7.03. The van der Waals surface area contributed by atoms with Gasteiger partial charge < -0.3 is 10.0 Å². The van der Waals surface area contributed by atoms with Crippen molar-refractivity contribution in [2.45, 2.75) is 38.7 Å². The molecule has 2 heteroatoms. The van der Waals surface area contributed by atoms with Gasteiger partial charge in [0.25, 0.3) is 0 Å². The van der Waals surface area contributed by atoms with Gasteiger partial charge in [-0.25, -0.2) is 0 Å². The molecule has 1 aliphatic carbocycles. The zero-order valence-electron chi connectivity index (χ0n) is 11.8. The highest BCUT2D eigenvalue weighted by atomic mass is 16.3. The molecule has 1 aromatic rings. The van der Waals surface area contributed by atoms with Crippen molar-refractivity contribution in [1.82, 2.24) is 0 Å². The quantitative estimate of drug-likeness (QED) is 0.882. The summed E-state index contributed by atoms with van der Waals surface area (Å²) in [5.41, 5.74) is 2.25. The maximum atomic E-state index is 10.4.